The number of imidazole rings is 1. The molecule has 2 atom stereocenters. The van der Waals surface area contributed by atoms with Crippen LogP contribution in [0.4, 0.5) is 0 Å². The lowest BCUT2D eigenvalue weighted by atomic mass is 9.98. The normalized spacial score (nSPS) is 26.2. The van der Waals surface area contributed by atoms with Crippen LogP contribution in [0, 0.1) is 5.92 Å². The lowest BCUT2D eigenvalue weighted by Crippen LogP contribution is -2.09. The van der Waals surface area contributed by atoms with Crippen molar-refractivity contribution in [3.63, 3.8) is 0 Å². The number of rotatable bonds is 1. The van der Waals surface area contributed by atoms with E-state index in [0.29, 0.717) is 11.8 Å². The average Bonchev–Trinajstić information content (AvgIpc) is 2.82. The van der Waals surface area contributed by atoms with Crippen molar-refractivity contribution < 1.29 is 0 Å². The molecule has 2 N–H and O–H groups in total. The summed E-state index contributed by atoms with van der Waals surface area (Å²) in [4.78, 5) is 8.07. The van der Waals surface area contributed by atoms with Crippen LogP contribution in [0.15, 0.2) is 24.3 Å². The molecule has 3 nitrogen and oxygen atoms in total. The zero-order valence-corrected chi connectivity index (χ0v) is 8.83. The van der Waals surface area contributed by atoms with E-state index in [1.165, 1.54) is 0 Å². The molecule has 1 aliphatic heterocycles. The lowest BCUT2D eigenvalue weighted by molar-refractivity contribution is 0.551. The number of nitrogens with one attached hydrogen (secondary N) is 2. The summed E-state index contributed by atoms with van der Waals surface area (Å²) in [5.74, 6) is 2.34. The summed E-state index contributed by atoms with van der Waals surface area (Å²) in [5, 5.41) is 3.40. The molecular formula is C12H15N3. The number of aromatic nitrogens is 2. The number of benzene rings is 1. The molecule has 2 unspecified atom stereocenters. The maximum Gasteiger partial charge on any atom is 0.111 e. The van der Waals surface area contributed by atoms with Gasteiger partial charge in [-0.25, -0.2) is 4.98 Å². The third kappa shape index (κ3) is 1.43. The summed E-state index contributed by atoms with van der Waals surface area (Å²) in [7, 11) is 0. The van der Waals surface area contributed by atoms with Crippen LogP contribution in [-0.2, 0) is 0 Å². The molecule has 0 bridgehead atoms. The Hall–Kier alpha value is -1.35. The quantitative estimate of drug-likeness (QED) is 0.739. The first-order chi connectivity index (χ1) is 7.34. The predicted molar refractivity (Wildman–Crippen MR) is 60.9 cm³/mol. The molecule has 1 saturated heterocycles. The first-order valence-corrected chi connectivity index (χ1v) is 5.50. The van der Waals surface area contributed by atoms with Gasteiger partial charge in [-0.15, -0.1) is 0 Å². The fourth-order valence-electron chi connectivity index (χ4n) is 2.32. The molecule has 1 fully saturated rings. The van der Waals surface area contributed by atoms with Crippen LogP contribution in [0.1, 0.15) is 18.7 Å². The first-order valence-electron chi connectivity index (χ1n) is 5.50. The van der Waals surface area contributed by atoms with Gasteiger partial charge in [0.15, 0.2) is 0 Å². The van der Waals surface area contributed by atoms with Gasteiger partial charge in [-0.05, 0) is 24.6 Å². The van der Waals surface area contributed by atoms with Gasteiger partial charge in [0.05, 0.1) is 11.0 Å². The van der Waals surface area contributed by atoms with E-state index < -0.39 is 0 Å². The Morgan fingerprint density at radius 3 is 2.87 bits per heavy atom. The number of H-pyrrole nitrogens is 1. The molecule has 2 aromatic rings. The van der Waals surface area contributed by atoms with Crippen LogP contribution >= 0.6 is 0 Å². The molecule has 15 heavy (non-hydrogen) atoms. The molecule has 0 aliphatic carbocycles. The van der Waals surface area contributed by atoms with Crippen molar-refractivity contribution in [2.24, 2.45) is 5.92 Å². The van der Waals surface area contributed by atoms with Gasteiger partial charge in [0.1, 0.15) is 5.82 Å². The van der Waals surface area contributed by atoms with Gasteiger partial charge in [0, 0.05) is 12.5 Å². The van der Waals surface area contributed by atoms with Crippen LogP contribution < -0.4 is 5.32 Å². The summed E-state index contributed by atoms with van der Waals surface area (Å²) in [6.07, 6.45) is 0. The van der Waals surface area contributed by atoms with Crippen molar-refractivity contribution in [1.82, 2.24) is 15.3 Å². The van der Waals surface area contributed by atoms with Crippen LogP contribution in [0.3, 0.4) is 0 Å². The van der Waals surface area contributed by atoms with E-state index in [2.05, 4.69) is 34.3 Å². The fraction of sp³-hybridized carbons (Fsp3) is 0.417. The number of fused-ring (bicyclic) bond motifs is 1. The Balaban J connectivity index is 2.04. The highest BCUT2D eigenvalue weighted by atomic mass is 15.0. The van der Waals surface area contributed by atoms with Gasteiger partial charge in [-0.3, -0.25) is 0 Å². The smallest absolute Gasteiger partial charge is 0.111 e. The zero-order valence-electron chi connectivity index (χ0n) is 8.83. The van der Waals surface area contributed by atoms with E-state index in [1.54, 1.807) is 0 Å². The van der Waals surface area contributed by atoms with Crippen molar-refractivity contribution in [3.05, 3.63) is 30.1 Å². The van der Waals surface area contributed by atoms with E-state index in [4.69, 9.17) is 0 Å². The van der Waals surface area contributed by atoms with Gasteiger partial charge in [-0.1, -0.05) is 19.1 Å². The topological polar surface area (TPSA) is 40.7 Å². The molecule has 3 heteroatoms. The maximum absolute atomic E-state index is 4.65. The maximum atomic E-state index is 4.65. The molecular weight excluding hydrogens is 186 g/mol. The van der Waals surface area contributed by atoms with Crippen molar-refractivity contribution in [1.29, 1.82) is 0 Å². The van der Waals surface area contributed by atoms with E-state index in [0.717, 1.165) is 29.9 Å². The Morgan fingerprint density at radius 2 is 2.13 bits per heavy atom. The summed E-state index contributed by atoms with van der Waals surface area (Å²) < 4.78 is 0. The largest absolute Gasteiger partial charge is 0.342 e. The Kier molecular flexibility index (Phi) is 1.99. The van der Waals surface area contributed by atoms with Gasteiger partial charge in [0.25, 0.3) is 0 Å². The number of nitrogens with zero attached hydrogens (tertiary/aromatic N) is 1. The van der Waals surface area contributed by atoms with E-state index >= 15 is 0 Å². The molecule has 1 aromatic carbocycles. The van der Waals surface area contributed by atoms with Crippen molar-refractivity contribution in [2.75, 3.05) is 13.1 Å². The van der Waals surface area contributed by atoms with Gasteiger partial charge >= 0.3 is 0 Å². The van der Waals surface area contributed by atoms with Crippen LogP contribution in [0.2, 0.25) is 0 Å². The SMILES string of the molecule is CC1CNCC1c1nc2ccccc2[nH]1. The van der Waals surface area contributed by atoms with Crippen LogP contribution in [0.5, 0.6) is 0 Å². The van der Waals surface area contributed by atoms with Crippen molar-refractivity contribution >= 4 is 11.0 Å². The Morgan fingerprint density at radius 1 is 1.27 bits per heavy atom. The molecule has 1 aromatic heterocycles. The third-order valence-corrected chi connectivity index (χ3v) is 3.28. The highest BCUT2D eigenvalue weighted by molar-refractivity contribution is 5.74. The standard InChI is InChI=1S/C12H15N3/c1-8-6-13-7-9(8)12-14-10-4-2-3-5-11(10)15-12/h2-5,8-9,13H,6-7H2,1H3,(H,14,15). The van der Waals surface area contributed by atoms with Gasteiger partial charge in [-0.2, -0.15) is 0 Å². The number of aromatic amines is 1. The average molecular weight is 201 g/mol. The second kappa shape index (κ2) is 3.35. The highest BCUT2D eigenvalue weighted by Crippen LogP contribution is 2.26. The number of hydrogen-bond acceptors (Lipinski definition) is 2. The molecule has 3 rings (SSSR count). The van der Waals surface area contributed by atoms with Crippen molar-refractivity contribution in [2.45, 2.75) is 12.8 Å². The summed E-state index contributed by atoms with van der Waals surface area (Å²) in [6, 6.07) is 8.21. The van der Waals surface area contributed by atoms with Crippen LogP contribution in [-0.4, -0.2) is 23.1 Å². The minimum atomic E-state index is 0.539. The predicted octanol–water partition coefficient (Wildman–Crippen LogP) is 1.89. The lowest BCUT2D eigenvalue weighted by Gasteiger charge is -2.09. The third-order valence-electron chi connectivity index (χ3n) is 3.28. The number of para-hydroxylation sites is 2. The van der Waals surface area contributed by atoms with E-state index in [-0.39, 0.29) is 0 Å². The van der Waals surface area contributed by atoms with E-state index in [1.807, 2.05) is 12.1 Å². The summed E-state index contributed by atoms with van der Waals surface area (Å²) in [5.41, 5.74) is 2.22. The molecule has 0 amide bonds. The fourth-order valence-corrected chi connectivity index (χ4v) is 2.32. The van der Waals surface area contributed by atoms with Crippen molar-refractivity contribution in [3.8, 4) is 0 Å². The Labute approximate surface area is 88.9 Å². The highest BCUT2D eigenvalue weighted by Gasteiger charge is 2.26. The molecule has 2 heterocycles. The van der Waals surface area contributed by atoms with Gasteiger partial charge < -0.3 is 10.3 Å². The summed E-state index contributed by atoms with van der Waals surface area (Å²) in [6.45, 7) is 4.42. The van der Waals surface area contributed by atoms with Gasteiger partial charge in [0.2, 0.25) is 0 Å². The molecule has 1 aliphatic rings. The Bertz CT molecular complexity index is 441. The second-order valence-electron chi connectivity index (χ2n) is 4.38. The zero-order chi connectivity index (χ0) is 10.3. The second-order valence-corrected chi connectivity index (χ2v) is 4.38. The van der Waals surface area contributed by atoms with E-state index in [9.17, 15) is 0 Å². The molecule has 0 radical (unpaired) electrons. The first kappa shape index (κ1) is 8.92. The minimum Gasteiger partial charge on any atom is -0.342 e. The summed E-state index contributed by atoms with van der Waals surface area (Å²) >= 11 is 0. The molecule has 0 spiro atoms. The molecule has 78 valence electrons. The molecule has 0 saturated carbocycles. The minimum absolute atomic E-state index is 0.539. The number of hydrogen-bond donors (Lipinski definition) is 2. The monoisotopic (exact) mass is 201 g/mol. The van der Waals surface area contributed by atoms with Crippen LogP contribution in [0.25, 0.3) is 11.0 Å².